The van der Waals surface area contributed by atoms with Gasteiger partial charge in [-0.15, -0.1) is 0 Å². The van der Waals surface area contributed by atoms with Crippen LogP contribution in [0, 0.1) is 0 Å². The van der Waals surface area contributed by atoms with Crippen LogP contribution in [0.15, 0.2) is 36.4 Å². The number of rotatable bonds is 5. The van der Waals surface area contributed by atoms with Gasteiger partial charge in [-0.1, -0.05) is 6.07 Å². The number of amides is 1. The summed E-state index contributed by atoms with van der Waals surface area (Å²) in [5, 5.41) is 10.2. The number of ether oxygens (including phenoxy) is 2. The molecule has 1 aromatic carbocycles. The van der Waals surface area contributed by atoms with Gasteiger partial charge in [0.2, 0.25) is 12.1 Å². The van der Waals surface area contributed by atoms with Crippen molar-refractivity contribution in [2.24, 2.45) is 0 Å². The number of aliphatic hydroxyl groups is 1. The summed E-state index contributed by atoms with van der Waals surface area (Å²) in [6.07, 6.45) is -12.9. The van der Waals surface area contributed by atoms with Gasteiger partial charge in [-0.25, -0.2) is 4.98 Å². The lowest BCUT2D eigenvalue weighted by atomic mass is 10.2. The second-order valence-corrected chi connectivity index (χ2v) is 5.28. The van der Waals surface area contributed by atoms with Crippen molar-refractivity contribution in [2.45, 2.75) is 18.6 Å². The molecule has 0 spiro atoms. The predicted octanol–water partition coefficient (Wildman–Crippen LogP) is 3.51. The first-order valence-electron chi connectivity index (χ1n) is 7.37. The summed E-state index contributed by atoms with van der Waals surface area (Å²) in [6, 6.07) is 5.81. The molecule has 152 valence electrons. The fraction of sp³-hybridized carbons (Fsp3) is 0.250. The molecule has 0 aliphatic rings. The number of hydrogen-bond acceptors (Lipinski definition) is 5. The van der Waals surface area contributed by atoms with Crippen molar-refractivity contribution in [3.63, 3.8) is 0 Å². The molecule has 12 heteroatoms. The molecule has 0 radical (unpaired) electrons. The Hall–Kier alpha value is -3.02. The van der Waals surface area contributed by atoms with Crippen LogP contribution in [-0.2, 0) is 6.18 Å². The number of halogens is 6. The van der Waals surface area contributed by atoms with Crippen molar-refractivity contribution in [1.29, 1.82) is 0 Å². The molecule has 2 rings (SSSR count). The van der Waals surface area contributed by atoms with Gasteiger partial charge in [-0.2, -0.15) is 26.3 Å². The molecule has 0 aliphatic carbocycles. The molecule has 0 saturated heterocycles. The van der Waals surface area contributed by atoms with Crippen LogP contribution in [-0.4, -0.2) is 35.5 Å². The highest BCUT2D eigenvalue weighted by Gasteiger charge is 2.39. The minimum absolute atomic E-state index is 0.0661. The Labute approximate surface area is 153 Å². The van der Waals surface area contributed by atoms with E-state index in [1.54, 1.807) is 0 Å². The van der Waals surface area contributed by atoms with Crippen LogP contribution >= 0.6 is 0 Å². The third-order valence-corrected chi connectivity index (χ3v) is 3.21. The molecule has 2 aromatic rings. The maximum absolute atomic E-state index is 12.8. The van der Waals surface area contributed by atoms with Crippen molar-refractivity contribution in [1.82, 2.24) is 10.3 Å². The SMILES string of the molecule is COc1cc(Oc2cccc(C(F)(F)F)c2)nc(C(=O)NC(O)C(F)(F)F)c1. The Balaban J connectivity index is 2.29. The fourth-order valence-corrected chi connectivity index (χ4v) is 1.90. The summed E-state index contributed by atoms with van der Waals surface area (Å²) in [4.78, 5) is 15.5. The molecule has 1 heterocycles. The number of carbonyl (C=O) groups is 1. The number of nitrogens with one attached hydrogen (secondary N) is 1. The van der Waals surface area contributed by atoms with E-state index in [1.165, 1.54) is 18.5 Å². The van der Waals surface area contributed by atoms with Crippen LogP contribution in [0.1, 0.15) is 16.1 Å². The lowest BCUT2D eigenvalue weighted by molar-refractivity contribution is -0.209. The third-order valence-electron chi connectivity index (χ3n) is 3.21. The average Bonchev–Trinajstić information content (AvgIpc) is 2.60. The molecular weight excluding hydrogens is 398 g/mol. The molecule has 2 N–H and O–H groups in total. The Bertz CT molecular complexity index is 854. The molecule has 0 aliphatic heterocycles. The zero-order chi connectivity index (χ0) is 21.1. The molecule has 1 unspecified atom stereocenters. The number of benzene rings is 1. The smallest absolute Gasteiger partial charge is 0.433 e. The maximum Gasteiger partial charge on any atom is 0.433 e. The minimum Gasteiger partial charge on any atom is -0.496 e. The Morgan fingerprint density at radius 3 is 2.36 bits per heavy atom. The van der Waals surface area contributed by atoms with Crippen LogP contribution in [0.2, 0.25) is 0 Å². The predicted molar refractivity (Wildman–Crippen MR) is 81.8 cm³/mol. The number of pyridine rings is 1. The molecule has 1 aromatic heterocycles. The van der Waals surface area contributed by atoms with E-state index in [0.29, 0.717) is 6.07 Å². The van der Waals surface area contributed by atoms with Crippen molar-refractivity contribution >= 4 is 5.91 Å². The van der Waals surface area contributed by atoms with Crippen LogP contribution in [0.5, 0.6) is 17.4 Å². The first-order chi connectivity index (χ1) is 12.9. The molecule has 0 saturated carbocycles. The fourth-order valence-electron chi connectivity index (χ4n) is 1.90. The lowest BCUT2D eigenvalue weighted by Gasteiger charge is -2.16. The summed E-state index contributed by atoms with van der Waals surface area (Å²) in [7, 11) is 1.18. The van der Waals surface area contributed by atoms with E-state index < -0.39 is 41.6 Å². The number of carbonyl (C=O) groups excluding carboxylic acids is 1. The summed E-state index contributed by atoms with van der Waals surface area (Å²) in [5.41, 5.74) is -1.62. The molecule has 1 atom stereocenters. The number of hydrogen-bond donors (Lipinski definition) is 2. The quantitative estimate of drug-likeness (QED) is 0.583. The molecule has 0 bridgehead atoms. The largest absolute Gasteiger partial charge is 0.496 e. The lowest BCUT2D eigenvalue weighted by Crippen LogP contribution is -2.45. The molecule has 0 fully saturated rings. The first kappa shape index (κ1) is 21.3. The molecule has 1 amide bonds. The average molecular weight is 410 g/mol. The van der Waals surface area contributed by atoms with Gasteiger partial charge < -0.3 is 19.9 Å². The third kappa shape index (κ3) is 5.49. The van der Waals surface area contributed by atoms with Crippen molar-refractivity contribution in [2.75, 3.05) is 7.11 Å². The maximum atomic E-state index is 12.8. The van der Waals surface area contributed by atoms with Crippen LogP contribution in [0.3, 0.4) is 0 Å². The van der Waals surface area contributed by atoms with Gasteiger partial charge in [-0.3, -0.25) is 4.79 Å². The number of alkyl halides is 6. The second-order valence-electron chi connectivity index (χ2n) is 5.28. The molecular formula is C16H12F6N2O4. The van der Waals surface area contributed by atoms with E-state index in [9.17, 15) is 31.1 Å². The van der Waals surface area contributed by atoms with Gasteiger partial charge in [0.25, 0.3) is 5.91 Å². The van der Waals surface area contributed by atoms with Crippen LogP contribution in [0.25, 0.3) is 0 Å². The van der Waals surface area contributed by atoms with E-state index in [1.807, 2.05) is 0 Å². The molecule has 6 nitrogen and oxygen atoms in total. The minimum atomic E-state index is -5.11. The van der Waals surface area contributed by atoms with Gasteiger partial charge in [0.15, 0.2) is 0 Å². The van der Waals surface area contributed by atoms with E-state index in [-0.39, 0.29) is 11.5 Å². The van der Waals surface area contributed by atoms with Gasteiger partial charge in [0, 0.05) is 12.1 Å². The summed E-state index contributed by atoms with van der Waals surface area (Å²) in [6.45, 7) is 0. The highest BCUT2D eigenvalue weighted by atomic mass is 19.4. The highest BCUT2D eigenvalue weighted by Crippen LogP contribution is 2.33. The highest BCUT2D eigenvalue weighted by molar-refractivity contribution is 5.93. The van der Waals surface area contributed by atoms with Gasteiger partial charge >= 0.3 is 12.4 Å². The second kappa shape index (κ2) is 7.92. The normalized spacial score (nSPS) is 13.0. The number of aromatic nitrogens is 1. The first-order valence-corrected chi connectivity index (χ1v) is 7.37. The topological polar surface area (TPSA) is 80.7 Å². The van der Waals surface area contributed by atoms with Gasteiger partial charge in [0.05, 0.1) is 12.7 Å². The van der Waals surface area contributed by atoms with Crippen LogP contribution in [0.4, 0.5) is 26.3 Å². The van der Waals surface area contributed by atoms with E-state index >= 15 is 0 Å². The summed E-state index contributed by atoms with van der Waals surface area (Å²) < 4.78 is 85.3. The number of nitrogens with zero attached hydrogens (tertiary/aromatic N) is 1. The Morgan fingerprint density at radius 2 is 1.79 bits per heavy atom. The zero-order valence-corrected chi connectivity index (χ0v) is 13.9. The van der Waals surface area contributed by atoms with Crippen molar-refractivity contribution < 1.29 is 45.7 Å². The van der Waals surface area contributed by atoms with Crippen molar-refractivity contribution in [3.8, 4) is 17.4 Å². The Morgan fingerprint density at radius 1 is 1.11 bits per heavy atom. The monoisotopic (exact) mass is 410 g/mol. The van der Waals surface area contributed by atoms with Crippen molar-refractivity contribution in [3.05, 3.63) is 47.7 Å². The standard InChI is InChI=1S/C16H12F6N2O4/c1-27-10-6-11(13(25)24-14(26)16(20,21)22)23-12(7-10)28-9-4-2-3-8(5-9)15(17,18)19/h2-7,14,26H,1H3,(H,24,25). The summed E-state index contributed by atoms with van der Waals surface area (Å²) >= 11 is 0. The Kier molecular flexibility index (Phi) is 6.02. The van der Waals surface area contributed by atoms with E-state index in [0.717, 1.165) is 24.3 Å². The summed E-state index contributed by atoms with van der Waals surface area (Å²) in [5.74, 6) is -2.16. The van der Waals surface area contributed by atoms with Gasteiger partial charge in [0.1, 0.15) is 17.2 Å². The molecule has 28 heavy (non-hydrogen) atoms. The van der Waals surface area contributed by atoms with E-state index in [2.05, 4.69) is 4.98 Å². The van der Waals surface area contributed by atoms with Gasteiger partial charge in [-0.05, 0) is 18.2 Å². The van der Waals surface area contributed by atoms with Crippen LogP contribution < -0.4 is 14.8 Å². The zero-order valence-electron chi connectivity index (χ0n) is 13.9. The van der Waals surface area contributed by atoms with E-state index in [4.69, 9.17) is 14.6 Å². The number of aliphatic hydroxyl groups excluding tert-OH is 1. The number of methoxy groups -OCH3 is 1.